The maximum atomic E-state index is 14.0. The lowest BCUT2D eigenvalue weighted by atomic mass is 10.2. The van der Waals surface area contributed by atoms with Crippen LogP contribution in [0.25, 0.3) is 0 Å². The molecule has 1 aromatic rings. The van der Waals surface area contributed by atoms with Crippen molar-refractivity contribution in [1.29, 1.82) is 5.41 Å². The van der Waals surface area contributed by atoms with Crippen LogP contribution in [-0.2, 0) is 4.79 Å². The normalized spacial score (nSPS) is 16.0. The first-order valence-corrected chi connectivity index (χ1v) is 7.70. The van der Waals surface area contributed by atoms with Crippen LogP contribution in [0.5, 0.6) is 0 Å². The van der Waals surface area contributed by atoms with Crippen LogP contribution in [0.1, 0.15) is 5.56 Å². The Balaban J connectivity index is 2.34. The van der Waals surface area contributed by atoms with Crippen LogP contribution in [0.3, 0.4) is 0 Å². The molecular weight excluding hydrogens is 328 g/mol. The molecule has 0 aliphatic carbocycles. The lowest BCUT2D eigenvalue weighted by molar-refractivity contribution is -0.115. The average molecular weight is 338 g/mol. The van der Waals surface area contributed by atoms with Gasteiger partial charge >= 0.3 is 6.18 Å². The summed E-state index contributed by atoms with van der Waals surface area (Å²) in [6.07, 6.45) is -4.34. The van der Waals surface area contributed by atoms with E-state index in [4.69, 9.17) is 5.41 Å². The first-order valence-electron chi connectivity index (χ1n) is 5.73. The number of hydrogen-bond acceptors (Lipinski definition) is 4. The highest BCUT2D eigenvalue weighted by Gasteiger charge is 2.32. The minimum atomic E-state index is -4.34. The second-order valence-electron chi connectivity index (χ2n) is 4.30. The average Bonchev–Trinajstić information content (AvgIpc) is 2.68. The number of amides is 1. The summed E-state index contributed by atoms with van der Waals surface area (Å²) < 4.78 is 50.8. The van der Waals surface area contributed by atoms with Gasteiger partial charge < -0.3 is 0 Å². The predicted molar refractivity (Wildman–Crippen MR) is 75.6 cm³/mol. The van der Waals surface area contributed by atoms with E-state index in [1.165, 1.54) is 13.0 Å². The summed E-state index contributed by atoms with van der Waals surface area (Å²) in [7, 11) is 0. The number of nitrogens with one attached hydrogen (secondary N) is 1. The fraction of sp³-hybridized carbons (Fsp3) is 0.333. The van der Waals surface area contributed by atoms with E-state index in [0.29, 0.717) is 17.3 Å². The topological polar surface area (TPSA) is 44.2 Å². The van der Waals surface area contributed by atoms with Crippen molar-refractivity contribution in [2.75, 3.05) is 16.4 Å². The van der Waals surface area contributed by atoms with Gasteiger partial charge in [-0.05, 0) is 24.6 Å². The zero-order valence-corrected chi connectivity index (χ0v) is 12.4. The first kappa shape index (κ1) is 16.2. The van der Waals surface area contributed by atoms with Gasteiger partial charge in [0.15, 0.2) is 5.17 Å². The number of anilines is 1. The molecule has 1 amide bonds. The fourth-order valence-corrected chi connectivity index (χ4v) is 3.26. The molecule has 1 N–H and O–H groups in total. The van der Waals surface area contributed by atoms with Gasteiger partial charge in [0, 0.05) is 4.90 Å². The molecule has 1 aliphatic rings. The zero-order valence-electron chi connectivity index (χ0n) is 10.8. The van der Waals surface area contributed by atoms with Gasteiger partial charge in [-0.1, -0.05) is 11.8 Å². The zero-order chi connectivity index (χ0) is 15.8. The van der Waals surface area contributed by atoms with Crippen LogP contribution in [0.15, 0.2) is 17.0 Å². The van der Waals surface area contributed by atoms with Crippen molar-refractivity contribution >= 4 is 40.3 Å². The van der Waals surface area contributed by atoms with E-state index in [-0.39, 0.29) is 21.5 Å². The number of carbonyl (C=O) groups is 1. The molecule has 9 heteroatoms. The van der Waals surface area contributed by atoms with Crippen molar-refractivity contribution in [1.82, 2.24) is 0 Å². The van der Waals surface area contributed by atoms with Gasteiger partial charge in [-0.25, -0.2) is 4.39 Å². The van der Waals surface area contributed by atoms with Crippen molar-refractivity contribution in [2.24, 2.45) is 0 Å². The summed E-state index contributed by atoms with van der Waals surface area (Å²) in [4.78, 5) is 12.8. The molecule has 0 spiro atoms. The first-order chi connectivity index (χ1) is 9.69. The maximum Gasteiger partial charge on any atom is 0.398 e. The van der Waals surface area contributed by atoms with Gasteiger partial charge in [0.2, 0.25) is 5.91 Å². The second kappa shape index (κ2) is 5.88. The quantitative estimate of drug-likeness (QED) is 0.673. The molecule has 1 saturated heterocycles. The van der Waals surface area contributed by atoms with Crippen molar-refractivity contribution in [3.8, 4) is 0 Å². The van der Waals surface area contributed by atoms with Crippen LogP contribution in [0.4, 0.5) is 23.2 Å². The van der Waals surface area contributed by atoms with Gasteiger partial charge in [0.25, 0.3) is 0 Å². The van der Waals surface area contributed by atoms with Crippen LogP contribution in [0, 0.1) is 18.2 Å². The number of thioether (sulfide) groups is 2. The number of rotatable bonds is 3. The molecule has 0 bridgehead atoms. The van der Waals surface area contributed by atoms with E-state index < -0.39 is 23.7 Å². The largest absolute Gasteiger partial charge is 0.398 e. The van der Waals surface area contributed by atoms with E-state index in [2.05, 4.69) is 0 Å². The summed E-state index contributed by atoms with van der Waals surface area (Å²) in [5.74, 6) is -2.26. The molecule has 21 heavy (non-hydrogen) atoms. The summed E-state index contributed by atoms with van der Waals surface area (Å²) >= 11 is 1.48. The van der Waals surface area contributed by atoms with E-state index in [0.717, 1.165) is 22.7 Å². The van der Waals surface area contributed by atoms with Gasteiger partial charge in [-0.15, -0.1) is 11.8 Å². The smallest absolute Gasteiger partial charge is 0.278 e. The van der Waals surface area contributed by atoms with E-state index in [1.54, 1.807) is 0 Å². The molecule has 3 nitrogen and oxygen atoms in total. The van der Waals surface area contributed by atoms with Crippen molar-refractivity contribution in [3.05, 3.63) is 23.5 Å². The Kier molecular flexibility index (Phi) is 4.52. The Hall–Kier alpha value is -1.22. The third-order valence-corrected chi connectivity index (χ3v) is 4.73. The molecule has 1 heterocycles. The van der Waals surface area contributed by atoms with Crippen LogP contribution < -0.4 is 4.90 Å². The molecule has 0 unspecified atom stereocenters. The molecule has 0 saturated carbocycles. The monoisotopic (exact) mass is 338 g/mol. The molecule has 1 aliphatic heterocycles. The number of carbonyl (C=O) groups excluding carboxylic acids is 1. The van der Waals surface area contributed by atoms with Gasteiger partial charge in [0.1, 0.15) is 5.82 Å². The number of nitrogens with zero attached hydrogens (tertiary/aromatic N) is 1. The van der Waals surface area contributed by atoms with Crippen molar-refractivity contribution in [2.45, 2.75) is 18.0 Å². The van der Waals surface area contributed by atoms with E-state index in [9.17, 15) is 22.4 Å². The van der Waals surface area contributed by atoms with E-state index >= 15 is 0 Å². The van der Waals surface area contributed by atoms with Crippen molar-refractivity contribution < 1.29 is 22.4 Å². The Bertz CT molecular complexity index is 588. The molecule has 114 valence electrons. The van der Waals surface area contributed by atoms with Gasteiger partial charge in [-0.3, -0.25) is 15.1 Å². The number of aryl methyl sites for hydroxylation is 1. The summed E-state index contributed by atoms with van der Waals surface area (Å²) in [5.41, 5.74) is 0.182. The minimum Gasteiger partial charge on any atom is -0.278 e. The highest BCUT2D eigenvalue weighted by atomic mass is 32.2. The second-order valence-corrected chi connectivity index (χ2v) is 6.28. The van der Waals surface area contributed by atoms with Crippen LogP contribution in [-0.4, -0.2) is 28.8 Å². The Morgan fingerprint density at radius 1 is 1.43 bits per heavy atom. The molecule has 1 aromatic carbocycles. The molecule has 0 atom stereocenters. The molecule has 1 fully saturated rings. The van der Waals surface area contributed by atoms with Gasteiger partial charge in [-0.2, -0.15) is 13.2 Å². The third kappa shape index (κ3) is 3.70. The molecule has 0 radical (unpaired) electrons. The van der Waals surface area contributed by atoms with Crippen LogP contribution >= 0.6 is 23.5 Å². The number of hydrogen-bond donors (Lipinski definition) is 1. The Labute approximate surface area is 126 Å². The lowest BCUT2D eigenvalue weighted by Gasteiger charge is -2.18. The van der Waals surface area contributed by atoms with Crippen LogP contribution in [0.2, 0.25) is 0 Å². The highest BCUT2D eigenvalue weighted by Crippen LogP contribution is 2.35. The summed E-state index contributed by atoms with van der Waals surface area (Å²) in [6, 6.07) is 2.27. The predicted octanol–water partition coefficient (Wildman–Crippen LogP) is 3.80. The fourth-order valence-electron chi connectivity index (χ4n) is 1.74. The standard InChI is InChI=1S/C12H10F4N2OS2/c1-6-2-7(13)8(18-10(19)4-20-11(18)17)3-9(6)21-5-12(14,15)16/h2-3,17H,4-5H2,1H3. The molecule has 2 rings (SSSR count). The Morgan fingerprint density at radius 3 is 2.62 bits per heavy atom. The highest BCUT2D eigenvalue weighted by molar-refractivity contribution is 8.15. The maximum absolute atomic E-state index is 14.0. The van der Waals surface area contributed by atoms with Crippen molar-refractivity contribution in [3.63, 3.8) is 0 Å². The number of amidine groups is 1. The lowest BCUT2D eigenvalue weighted by Crippen LogP contribution is -2.29. The van der Waals surface area contributed by atoms with Gasteiger partial charge in [0.05, 0.1) is 17.2 Å². The number of halogens is 4. The third-order valence-electron chi connectivity index (χ3n) is 2.66. The number of alkyl halides is 3. The summed E-state index contributed by atoms with van der Waals surface area (Å²) in [5, 5.41) is 7.48. The SMILES string of the molecule is Cc1cc(F)c(N2C(=N)SCC2=O)cc1SCC(F)(F)F. The van der Waals surface area contributed by atoms with E-state index in [1.807, 2.05) is 0 Å². The molecular formula is C12H10F4N2OS2. The summed E-state index contributed by atoms with van der Waals surface area (Å²) in [6.45, 7) is 1.50. The molecule has 0 aromatic heterocycles. The number of benzene rings is 1. The Morgan fingerprint density at radius 2 is 2.10 bits per heavy atom. The minimum absolute atomic E-state index is 0.0250.